The molecule has 0 spiro atoms. The second-order valence-electron chi connectivity index (χ2n) is 5.09. The van der Waals surface area contributed by atoms with Crippen molar-refractivity contribution in [2.45, 2.75) is 12.7 Å². The molecule has 0 aliphatic rings. The molecule has 0 saturated carbocycles. The fourth-order valence-electron chi connectivity index (χ4n) is 2.15. The summed E-state index contributed by atoms with van der Waals surface area (Å²) >= 11 is 0.919. The van der Waals surface area contributed by atoms with Crippen molar-refractivity contribution in [3.8, 4) is 17.2 Å². The molecule has 7 nitrogen and oxygen atoms in total. The van der Waals surface area contributed by atoms with Crippen LogP contribution in [0.5, 0.6) is 17.2 Å². The van der Waals surface area contributed by atoms with Crippen LogP contribution < -0.4 is 24.8 Å². The van der Waals surface area contributed by atoms with Crippen molar-refractivity contribution >= 4 is 47.0 Å². The Labute approximate surface area is 181 Å². The van der Waals surface area contributed by atoms with Gasteiger partial charge in [-0.15, -0.1) is 35.3 Å². The molecule has 12 heteroatoms. The second-order valence-corrected chi connectivity index (χ2v) is 6.03. The van der Waals surface area contributed by atoms with E-state index in [4.69, 9.17) is 14.2 Å². The molecule has 0 amide bonds. The van der Waals surface area contributed by atoms with E-state index in [0.29, 0.717) is 28.9 Å². The number of rotatable bonds is 6. The molecule has 2 N–H and O–H groups in total. The van der Waals surface area contributed by atoms with Crippen LogP contribution in [-0.2, 0) is 12.7 Å². The summed E-state index contributed by atoms with van der Waals surface area (Å²) in [6.07, 6.45) is -4.45. The van der Waals surface area contributed by atoms with Crippen LogP contribution in [0.25, 0.3) is 0 Å². The molecule has 1 aromatic heterocycles. The van der Waals surface area contributed by atoms with Gasteiger partial charge in [0.15, 0.2) is 23.2 Å². The van der Waals surface area contributed by atoms with Crippen molar-refractivity contribution in [3.63, 3.8) is 0 Å². The van der Waals surface area contributed by atoms with Gasteiger partial charge in [-0.3, -0.25) is 4.99 Å². The Morgan fingerprint density at radius 2 is 1.75 bits per heavy atom. The van der Waals surface area contributed by atoms with Crippen molar-refractivity contribution in [2.75, 3.05) is 33.7 Å². The Kier molecular flexibility index (Phi) is 9.07. The van der Waals surface area contributed by atoms with Crippen LogP contribution in [0.15, 0.2) is 22.5 Å². The van der Waals surface area contributed by atoms with Gasteiger partial charge in [0.2, 0.25) is 5.75 Å². The Morgan fingerprint density at radius 1 is 1.14 bits per heavy atom. The molecule has 0 bridgehead atoms. The zero-order chi connectivity index (χ0) is 20.0. The Balaban J connectivity index is 0.00000392. The molecule has 0 saturated heterocycles. The lowest BCUT2D eigenvalue weighted by molar-refractivity contribution is -0.140. The fourth-order valence-corrected chi connectivity index (χ4v) is 2.89. The van der Waals surface area contributed by atoms with Crippen LogP contribution in [-0.4, -0.2) is 39.3 Å². The molecule has 2 rings (SSSR count). The second kappa shape index (κ2) is 10.5. The average molecular weight is 532 g/mol. The van der Waals surface area contributed by atoms with Gasteiger partial charge in [0.25, 0.3) is 0 Å². The van der Waals surface area contributed by atoms with Crippen LogP contribution in [0.1, 0.15) is 10.7 Å². The number of aromatic nitrogens is 1. The van der Waals surface area contributed by atoms with Gasteiger partial charge in [-0.2, -0.15) is 13.2 Å². The summed E-state index contributed by atoms with van der Waals surface area (Å²) in [6, 6.07) is 3.36. The Bertz CT molecular complexity index is 790. The summed E-state index contributed by atoms with van der Waals surface area (Å²) in [6.45, 7) is 0.0881. The number of ether oxygens (including phenoxy) is 3. The third kappa shape index (κ3) is 6.02. The van der Waals surface area contributed by atoms with Crippen molar-refractivity contribution in [1.29, 1.82) is 0 Å². The molecule has 0 radical (unpaired) electrons. The minimum absolute atomic E-state index is 0. The molecule has 0 aliphatic heterocycles. The predicted molar refractivity (Wildman–Crippen MR) is 112 cm³/mol. The zero-order valence-corrected chi connectivity index (χ0v) is 18.7. The maximum Gasteiger partial charge on any atom is 0.434 e. The summed E-state index contributed by atoms with van der Waals surface area (Å²) in [5, 5.41) is 7.19. The van der Waals surface area contributed by atoms with Crippen molar-refractivity contribution in [1.82, 2.24) is 10.3 Å². The SMILES string of the molecule is CN=C(NCc1nc(C(F)(F)F)cs1)Nc1cc(OC)c(OC)c(OC)c1.I. The number of thiazole rings is 1. The summed E-state index contributed by atoms with van der Waals surface area (Å²) in [5.74, 6) is 1.68. The van der Waals surface area contributed by atoms with E-state index < -0.39 is 11.9 Å². The van der Waals surface area contributed by atoms with Gasteiger partial charge in [0, 0.05) is 30.2 Å². The highest BCUT2D eigenvalue weighted by atomic mass is 127. The number of alkyl halides is 3. The smallest absolute Gasteiger partial charge is 0.434 e. The monoisotopic (exact) mass is 532 g/mol. The number of benzene rings is 1. The number of guanidine groups is 1. The molecular formula is C16H20F3IN4O3S. The van der Waals surface area contributed by atoms with E-state index in [-0.39, 0.29) is 35.5 Å². The molecule has 1 heterocycles. The number of methoxy groups -OCH3 is 3. The number of nitrogens with one attached hydrogen (secondary N) is 2. The number of anilines is 1. The Hall–Kier alpha value is -1.96. The zero-order valence-electron chi connectivity index (χ0n) is 15.5. The lowest BCUT2D eigenvalue weighted by Crippen LogP contribution is -2.30. The summed E-state index contributed by atoms with van der Waals surface area (Å²) in [7, 11) is 6.02. The topological polar surface area (TPSA) is 77.0 Å². The quantitative estimate of drug-likeness (QED) is 0.333. The normalized spacial score (nSPS) is 11.5. The van der Waals surface area contributed by atoms with Gasteiger partial charge in [-0.25, -0.2) is 4.98 Å². The Morgan fingerprint density at radius 3 is 2.18 bits per heavy atom. The molecule has 0 atom stereocenters. The maximum atomic E-state index is 12.6. The highest BCUT2D eigenvalue weighted by Gasteiger charge is 2.33. The molecule has 0 aliphatic carbocycles. The van der Waals surface area contributed by atoms with Gasteiger partial charge < -0.3 is 24.8 Å². The van der Waals surface area contributed by atoms with Gasteiger partial charge in [-0.05, 0) is 0 Å². The van der Waals surface area contributed by atoms with Gasteiger partial charge >= 0.3 is 6.18 Å². The first-order chi connectivity index (χ1) is 12.8. The van der Waals surface area contributed by atoms with E-state index >= 15 is 0 Å². The van der Waals surface area contributed by atoms with Crippen molar-refractivity contribution in [2.24, 2.45) is 4.99 Å². The first-order valence-corrected chi connectivity index (χ1v) is 8.49. The first kappa shape index (κ1) is 24.1. The van der Waals surface area contributed by atoms with E-state index in [0.717, 1.165) is 16.7 Å². The number of hydrogen-bond donors (Lipinski definition) is 2. The standard InChI is InChI=1S/C16H19F3N4O3S.HI/c1-20-15(21-7-13-23-12(8-27-13)16(17,18)19)22-9-5-10(24-2)14(26-4)11(6-9)25-3;/h5-6,8H,7H2,1-4H3,(H2,20,21,22);1H. The van der Waals surface area contributed by atoms with Crippen LogP contribution in [0.2, 0.25) is 0 Å². The molecule has 2 aromatic rings. The number of halogens is 4. The number of hydrogen-bond acceptors (Lipinski definition) is 6. The van der Waals surface area contributed by atoms with E-state index in [2.05, 4.69) is 20.6 Å². The van der Waals surface area contributed by atoms with E-state index in [1.807, 2.05) is 0 Å². The van der Waals surface area contributed by atoms with Crippen LogP contribution in [0.3, 0.4) is 0 Å². The largest absolute Gasteiger partial charge is 0.493 e. The summed E-state index contributed by atoms with van der Waals surface area (Å²) < 4.78 is 53.7. The van der Waals surface area contributed by atoms with Crippen molar-refractivity contribution in [3.05, 3.63) is 28.2 Å². The van der Waals surface area contributed by atoms with Crippen LogP contribution >= 0.6 is 35.3 Å². The molecule has 1 aromatic carbocycles. The van der Waals surface area contributed by atoms with Gasteiger partial charge in [0.05, 0.1) is 27.9 Å². The number of nitrogens with zero attached hydrogens (tertiary/aromatic N) is 2. The minimum Gasteiger partial charge on any atom is -0.493 e. The van der Waals surface area contributed by atoms with Crippen molar-refractivity contribution < 1.29 is 27.4 Å². The average Bonchev–Trinajstić information content (AvgIpc) is 3.13. The predicted octanol–water partition coefficient (Wildman–Crippen LogP) is 3.99. The first-order valence-electron chi connectivity index (χ1n) is 7.61. The molecule has 0 fully saturated rings. The number of aliphatic imine (C=N–C) groups is 1. The van der Waals surface area contributed by atoms with Gasteiger partial charge in [-0.1, -0.05) is 0 Å². The fraction of sp³-hybridized carbons (Fsp3) is 0.375. The third-order valence-electron chi connectivity index (χ3n) is 3.40. The summed E-state index contributed by atoms with van der Waals surface area (Å²) in [5.41, 5.74) is -0.315. The molecule has 0 unspecified atom stereocenters. The highest BCUT2D eigenvalue weighted by Crippen LogP contribution is 2.39. The van der Waals surface area contributed by atoms with Crippen LogP contribution in [0.4, 0.5) is 18.9 Å². The van der Waals surface area contributed by atoms with Gasteiger partial charge in [0.1, 0.15) is 5.01 Å². The lowest BCUT2D eigenvalue weighted by Gasteiger charge is -2.16. The molecule has 28 heavy (non-hydrogen) atoms. The molecule has 156 valence electrons. The minimum atomic E-state index is -4.45. The third-order valence-corrected chi connectivity index (χ3v) is 4.25. The summed E-state index contributed by atoms with van der Waals surface area (Å²) in [4.78, 5) is 7.61. The van der Waals surface area contributed by atoms with E-state index in [9.17, 15) is 13.2 Å². The lowest BCUT2D eigenvalue weighted by atomic mass is 10.2. The van der Waals surface area contributed by atoms with E-state index in [1.165, 1.54) is 28.4 Å². The maximum absolute atomic E-state index is 12.6. The van der Waals surface area contributed by atoms with E-state index in [1.54, 1.807) is 12.1 Å². The van der Waals surface area contributed by atoms with Crippen LogP contribution in [0, 0.1) is 0 Å². The molecular weight excluding hydrogens is 512 g/mol. The highest BCUT2D eigenvalue weighted by molar-refractivity contribution is 14.0.